The summed E-state index contributed by atoms with van der Waals surface area (Å²) >= 11 is 0. The maximum absolute atomic E-state index is 13.1. The number of nitrogens with zero attached hydrogens (tertiary/aromatic N) is 4. The third kappa shape index (κ3) is 3.73. The number of amides is 2. The van der Waals surface area contributed by atoms with Gasteiger partial charge >= 0.3 is 12.4 Å². The van der Waals surface area contributed by atoms with Crippen LogP contribution in [0.3, 0.4) is 0 Å². The van der Waals surface area contributed by atoms with Gasteiger partial charge in [-0.1, -0.05) is 30.3 Å². The number of rotatable bonds is 4. The Morgan fingerprint density at radius 1 is 1.11 bits per heavy atom. The van der Waals surface area contributed by atoms with Gasteiger partial charge in [0.1, 0.15) is 0 Å². The van der Waals surface area contributed by atoms with Gasteiger partial charge in [0, 0.05) is 42.5 Å². The molecule has 2 fully saturated rings. The minimum Gasteiger partial charge on any atom is -0.402 e. The van der Waals surface area contributed by atoms with Crippen LogP contribution in [0.4, 0.5) is 23.8 Å². The molecule has 0 unspecified atom stereocenters. The number of anilines is 1. The highest BCUT2D eigenvalue weighted by atomic mass is 19.4. The van der Waals surface area contributed by atoms with E-state index in [-0.39, 0.29) is 22.8 Å². The summed E-state index contributed by atoms with van der Waals surface area (Å²) in [6.07, 6.45) is 0.290. The van der Waals surface area contributed by atoms with E-state index in [1.54, 1.807) is 0 Å². The quantitative estimate of drug-likeness (QED) is 0.563. The number of hydrogen-bond donors (Lipinski definition) is 2. The van der Waals surface area contributed by atoms with Gasteiger partial charge in [0.15, 0.2) is 11.6 Å². The summed E-state index contributed by atoms with van der Waals surface area (Å²) in [5, 5.41) is 7.86. The molecule has 2 aliphatic heterocycles. The molecule has 2 amide bonds. The fourth-order valence-corrected chi connectivity index (χ4v) is 5.61. The second kappa shape index (κ2) is 7.87. The molecule has 3 aliphatic rings. The lowest BCUT2D eigenvalue weighted by Crippen LogP contribution is -2.65. The highest BCUT2D eigenvalue weighted by Crippen LogP contribution is 2.46. The number of fused-ring (bicyclic) bond motifs is 2. The number of aromatic nitrogens is 3. The minimum atomic E-state index is -4.87. The lowest BCUT2D eigenvalue weighted by atomic mass is 9.71. The van der Waals surface area contributed by atoms with Gasteiger partial charge in [-0.2, -0.15) is 5.10 Å². The number of urea groups is 1. The molecule has 8 nitrogen and oxygen atoms in total. The van der Waals surface area contributed by atoms with Crippen LogP contribution in [-0.2, 0) is 17.5 Å². The van der Waals surface area contributed by atoms with E-state index >= 15 is 0 Å². The number of nitrogen functional groups attached to an aromatic ring is 1. The Morgan fingerprint density at radius 3 is 2.53 bits per heavy atom. The minimum absolute atomic E-state index is 0.0703. The number of nitrogens with one attached hydrogen (secondary N) is 1. The van der Waals surface area contributed by atoms with E-state index in [0.29, 0.717) is 30.9 Å². The van der Waals surface area contributed by atoms with Gasteiger partial charge < -0.3 is 20.7 Å². The topological polar surface area (TPSA) is 98.3 Å². The van der Waals surface area contributed by atoms with Crippen molar-refractivity contribution in [3.8, 4) is 17.0 Å². The Morgan fingerprint density at radius 2 is 1.86 bits per heavy atom. The first-order valence-corrected chi connectivity index (χ1v) is 11.9. The van der Waals surface area contributed by atoms with Crippen LogP contribution in [0.15, 0.2) is 48.7 Å². The Balaban J connectivity index is 1.17. The average molecular weight is 499 g/mol. The van der Waals surface area contributed by atoms with Crippen molar-refractivity contribution in [1.82, 2.24) is 25.0 Å². The fraction of sp³-hybridized carbons (Fsp3) is 0.400. The van der Waals surface area contributed by atoms with Crippen molar-refractivity contribution in [1.29, 1.82) is 0 Å². The van der Waals surface area contributed by atoms with Crippen LogP contribution >= 0.6 is 0 Å². The molecule has 0 radical (unpaired) electrons. The van der Waals surface area contributed by atoms with Crippen LogP contribution in [0.1, 0.15) is 36.9 Å². The third-order valence-corrected chi connectivity index (χ3v) is 7.68. The monoisotopic (exact) mass is 498 g/mol. The number of carbonyl (C=O) groups is 1. The van der Waals surface area contributed by atoms with Crippen LogP contribution in [0.2, 0.25) is 0 Å². The first-order chi connectivity index (χ1) is 17.2. The van der Waals surface area contributed by atoms with Gasteiger partial charge in [-0.25, -0.2) is 9.78 Å². The van der Waals surface area contributed by atoms with Crippen molar-refractivity contribution in [3.05, 3.63) is 59.9 Å². The van der Waals surface area contributed by atoms with Crippen LogP contribution in [-0.4, -0.2) is 45.1 Å². The number of aryl methyl sites for hydroxylation is 1. The lowest BCUT2D eigenvalue weighted by molar-refractivity contribution is -0.274. The SMILES string of the molecule is Nc1ncc(-c2cc3n(n2)CCC32CN(C(=O)NC3(c4ccccc4)CCC3)C2)cc1OC(F)(F)F. The molecular formula is C25H25F3N6O2. The molecule has 1 aliphatic carbocycles. The van der Waals surface area contributed by atoms with Crippen molar-refractivity contribution in [2.75, 3.05) is 18.8 Å². The zero-order valence-corrected chi connectivity index (χ0v) is 19.4. The van der Waals surface area contributed by atoms with Crippen molar-refractivity contribution in [2.24, 2.45) is 0 Å². The number of carbonyl (C=O) groups excluding carboxylic acids is 1. The molecule has 188 valence electrons. The Kier molecular flexibility index (Phi) is 4.96. The van der Waals surface area contributed by atoms with E-state index in [0.717, 1.165) is 36.9 Å². The van der Waals surface area contributed by atoms with Gasteiger partial charge in [0.2, 0.25) is 0 Å². The first-order valence-electron chi connectivity index (χ1n) is 11.9. The summed E-state index contributed by atoms with van der Waals surface area (Å²) in [5.41, 5.74) is 8.01. The second-order valence-corrected chi connectivity index (χ2v) is 9.91. The van der Waals surface area contributed by atoms with E-state index in [4.69, 9.17) is 5.73 Å². The van der Waals surface area contributed by atoms with Crippen LogP contribution in [0.5, 0.6) is 5.75 Å². The van der Waals surface area contributed by atoms with Crippen LogP contribution in [0.25, 0.3) is 11.3 Å². The number of ether oxygens (including phenoxy) is 1. The van der Waals surface area contributed by atoms with E-state index in [1.165, 1.54) is 12.3 Å². The number of hydrogen-bond acceptors (Lipinski definition) is 5. The summed E-state index contributed by atoms with van der Waals surface area (Å²) in [7, 11) is 0. The molecule has 1 saturated heterocycles. The van der Waals surface area contributed by atoms with Gasteiger partial charge in [0.25, 0.3) is 0 Å². The first kappa shape index (κ1) is 22.7. The molecule has 0 atom stereocenters. The molecule has 3 N–H and O–H groups in total. The van der Waals surface area contributed by atoms with E-state index in [2.05, 4.69) is 32.3 Å². The van der Waals surface area contributed by atoms with E-state index in [9.17, 15) is 18.0 Å². The Hall–Kier alpha value is -3.76. The molecule has 2 aromatic heterocycles. The molecule has 4 heterocycles. The molecule has 1 aromatic carbocycles. The molecule has 11 heteroatoms. The highest BCUT2D eigenvalue weighted by Gasteiger charge is 2.52. The Bertz CT molecular complexity index is 1310. The van der Waals surface area contributed by atoms with Gasteiger partial charge in [0.05, 0.1) is 11.2 Å². The van der Waals surface area contributed by atoms with Crippen molar-refractivity contribution in [3.63, 3.8) is 0 Å². The zero-order chi connectivity index (χ0) is 25.1. The summed E-state index contributed by atoms with van der Waals surface area (Å²) < 4.78 is 44.0. The summed E-state index contributed by atoms with van der Waals surface area (Å²) in [6.45, 7) is 1.81. The van der Waals surface area contributed by atoms with Crippen LogP contribution in [0, 0.1) is 0 Å². The van der Waals surface area contributed by atoms with Crippen molar-refractivity contribution < 1.29 is 22.7 Å². The normalized spacial score (nSPS) is 19.4. The average Bonchev–Trinajstić information content (AvgIpc) is 3.36. The van der Waals surface area contributed by atoms with Crippen LogP contribution < -0.4 is 15.8 Å². The van der Waals surface area contributed by atoms with E-state index in [1.807, 2.05) is 33.8 Å². The van der Waals surface area contributed by atoms with Crippen molar-refractivity contribution in [2.45, 2.75) is 49.5 Å². The number of alkyl halides is 3. The van der Waals surface area contributed by atoms with Gasteiger partial charge in [-0.15, -0.1) is 13.2 Å². The number of pyridine rings is 1. The number of benzene rings is 1. The predicted molar refractivity (Wildman–Crippen MR) is 125 cm³/mol. The van der Waals surface area contributed by atoms with Gasteiger partial charge in [-0.3, -0.25) is 4.68 Å². The van der Waals surface area contributed by atoms with Gasteiger partial charge in [-0.05, 0) is 43.4 Å². The summed E-state index contributed by atoms with van der Waals surface area (Å²) in [4.78, 5) is 18.8. The standard InChI is InChI=1S/C25H25F3N6O2/c26-25(27,28)36-19-11-16(13-30-21(19)29)18-12-20-23(9-10-34(20)32-18)14-33(15-23)22(35)31-24(7-4-8-24)17-5-2-1-3-6-17/h1-3,5-6,11-13H,4,7-10,14-15H2,(H2,29,30)(H,31,35). The summed E-state index contributed by atoms with van der Waals surface area (Å²) in [5.74, 6) is -0.905. The number of halogens is 3. The Labute approximate surface area is 205 Å². The molecule has 1 saturated carbocycles. The maximum Gasteiger partial charge on any atom is 0.573 e. The van der Waals surface area contributed by atoms with Crippen molar-refractivity contribution >= 4 is 11.8 Å². The summed E-state index contributed by atoms with van der Waals surface area (Å²) in [6, 6.07) is 13.1. The maximum atomic E-state index is 13.1. The third-order valence-electron chi connectivity index (χ3n) is 7.68. The van der Waals surface area contributed by atoms with E-state index < -0.39 is 12.1 Å². The molecular weight excluding hydrogens is 473 g/mol. The fourth-order valence-electron chi connectivity index (χ4n) is 5.61. The molecule has 1 spiro atoms. The predicted octanol–water partition coefficient (Wildman–Crippen LogP) is 4.17. The smallest absolute Gasteiger partial charge is 0.402 e. The molecule has 36 heavy (non-hydrogen) atoms. The highest BCUT2D eigenvalue weighted by molar-refractivity contribution is 5.77. The zero-order valence-electron chi connectivity index (χ0n) is 19.4. The number of nitrogens with two attached hydrogens (primary N) is 1. The lowest BCUT2D eigenvalue weighted by Gasteiger charge is -2.50. The molecule has 0 bridgehead atoms. The largest absolute Gasteiger partial charge is 0.573 e. The molecule has 3 aromatic rings. The second-order valence-electron chi connectivity index (χ2n) is 9.91. The molecule has 6 rings (SSSR count). The number of likely N-dealkylation sites (tertiary alicyclic amines) is 1.